The van der Waals surface area contributed by atoms with E-state index in [4.69, 9.17) is 0 Å². The molecule has 0 radical (unpaired) electrons. The first kappa shape index (κ1) is 23.5. The molecule has 0 aromatic rings. The maximum absolute atomic E-state index is 3.60. The minimum atomic E-state index is 0.997. The van der Waals surface area contributed by atoms with E-state index >= 15 is 0 Å². The molecule has 2 aliphatic rings. The molecular formula is C28H43N. The van der Waals surface area contributed by atoms with Gasteiger partial charge in [-0.1, -0.05) is 138 Å². The Bertz CT molecular complexity index is 561. The molecule has 1 N–H and O–H groups in total. The van der Waals surface area contributed by atoms with Gasteiger partial charge in [0.2, 0.25) is 0 Å². The maximum atomic E-state index is 3.60. The van der Waals surface area contributed by atoms with Crippen LogP contribution < -0.4 is 5.32 Å². The standard InChI is InChI=1S/C28H43N/c1-2-8-12-18-24-28(25-19-13-9-3-1)29-26-20-14-17-23-27-21-15-10-6-4-5-7-11-16-22-27/h1-3,8-9,12-13,18-19,24-25,27,29H,4-7,10-11,14-17,20-23,26H2/b2-1-,3-1?,8-2?,9-3-,12-8-,13-9?,18-12?,19-13-,24-18-,25-19?,28-24?,28-25+. The van der Waals surface area contributed by atoms with Crippen molar-refractivity contribution in [3.8, 4) is 0 Å². The average Bonchev–Trinajstić information content (AvgIpc) is 2.78. The van der Waals surface area contributed by atoms with Crippen molar-refractivity contribution in [2.24, 2.45) is 5.92 Å². The largest absolute Gasteiger partial charge is 0.385 e. The SMILES string of the molecule is C1=C\C=C/C=C\C(NCCCCCC2CCCCCCCCCC2)=C/C=C\C=C/1. The second-order valence-electron chi connectivity index (χ2n) is 8.57. The van der Waals surface area contributed by atoms with Gasteiger partial charge in [0.1, 0.15) is 0 Å². The number of unbranched alkanes of at least 4 members (excludes halogenated alkanes) is 2. The summed E-state index contributed by atoms with van der Waals surface area (Å²) < 4.78 is 0. The van der Waals surface area contributed by atoms with Crippen molar-refractivity contribution in [3.63, 3.8) is 0 Å². The number of hydrogen-bond donors (Lipinski definition) is 1. The molecule has 2 aliphatic carbocycles. The van der Waals surface area contributed by atoms with Gasteiger partial charge in [-0.15, -0.1) is 0 Å². The third-order valence-corrected chi connectivity index (χ3v) is 6.03. The number of rotatable bonds is 7. The van der Waals surface area contributed by atoms with E-state index in [0.29, 0.717) is 0 Å². The lowest BCUT2D eigenvalue weighted by Crippen LogP contribution is -2.13. The van der Waals surface area contributed by atoms with Crippen LogP contribution in [-0.4, -0.2) is 6.54 Å². The lowest BCUT2D eigenvalue weighted by atomic mass is 9.90. The third-order valence-electron chi connectivity index (χ3n) is 6.03. The molecule has 1 nitrogen and oxygen atoms in total. The van der Waals surface area contributed by atoms with Crippen LogP contribution in [0.5, 0.6) is 0 Å². The minimum Gasteiger partial charge on any atom is -0.385 e. The number of allylic oxidation sites excluding steroid dienone is 11. The molecule has 0 aromatic carbocycles. The van der Waals surface area contributed by atoms with Crippen molar-refractivity contribution < 1.29 is 0 Å². The van der Waals surface area contributed by atoms with Crippen molar-refractivity contribution in [1.29, 1.82) is 0 Å². The molecule has 0 aliphatic heterocycles. The molecular weight excluding hydrogens is 350 g/mol. The van der Waals surface area contributed by atoms with E-state index in [0.717, 1.165) is 12.5 Å². The van der Waals surface area contributed by atoms with E-state index in [9.17, 15) is 0 Å². The van der Waals surface area contributed by atoms with E-state index in [1.54, 1.807) is 0 Å². The van der Waals surface area contributed by atoms with Gasteiger partial charge in [-0.2, -0.15) is 0 Å². The van der Waals surface area contributed by atoms with Gasteiger partial charge in [0.25, 0.3) is 0 Å². The van der Waals surface area contributed by atoms with Crippen LogP contribution in [0.1, 0.15) is 89.9 Å². The summed E-state index contributed by atoms with van der Waals surface area (Å²) in [6.45, 7) is 1.06. The van der Waals surface area contributed by atoms with Gasteiger partial charge in [0.05, 0.1) is 0 Å². The Balaban J connectivity index is 1.63. The normalized spacial score (nSPS) is 27.1. The number of nitrogens with one attached hydrogen (secondary N) is 1. The summed E-state index contributed by atoms with van der Waals surface area (Å²) in [6, 6.07) is 0. The fourth-order valence-corrected chi connectivity index (χ4v) is 4.27. The van der Waals surface area contributed by atoms with Gasteiger partial charge in [-0.3, -0.25) is 0 Å². The van der Waals surface area contributed by atoms with Gasteiger partial charge in [-0.25, -0.2) is 0 Å². The summed E-state index contributed by atoms with van der Waals surface area (Å²) in [5, 5.41) is 3.60. The molecule has 0 unspecified atom stereocenters. The minimum absolute atomic E-state index is 0.997. The molecule has 0 saturated heterocycles. The highest BCUT2D eigenvalue weighted by molar-refractivity contribution is 5.28. The first-order valence-electron chi connectivity index (χ1n) is 12.2. The van der Waals surface area contributed by atoms with Crippen molar-refractivity contribution in [3.05, 3.63) is 72.5 Å². The highest BCUT2D eigenvalue weighted by atomic mass is 14.9. The Hall–Kier alpha value is -1.76. The van der Waals surface area contributed by atoms with Crippen LogP contribution in [-0.2, 0) is 0 Å². The van der Waals surface area contributed by atoms with Crippen molar-refractivity contribution in [2.45, 2.75) is 89.9 Å². The summed E-state index contributed by atoms with van der Waals surface area (Å²) in [6.07, 6.45) is 43.2. The van der Waals surface area contributed by atoms with Crippen LogP contribution in [0.25, 0.3) is 0 Å². The van der Waals surface area contributed by atoms with Crippen LogP contribution >= 0.6 is 0 Å². The lowest BCUT2D eigenvalue weighted by Gasteiger charge is -2.16. The van der Waals surface area contributed by atoms with Gasteiger partial charge >= 0.3 is 0 Å². The second-order valence-corrected chi connectivity index (χ2v) is 8.57. The monoisotopic (exact) mass is 393 g/mol. The highest BCUT2D eigenvalue weighted by Gasteiger charge is 2.09. The van der Waals surface area contributed by atoms with Crippen LogP contribution in [0.2, 0.25) is 0 Å². The average molecular weight is 394 g/mol. The Kier molecular flexibility index (Phi) is 13.9. The summed E-state index contributed by atoms with van der Waals surface area (Å²) in [7, 11) is 0. The fraction of sp³-hybridized carbons (Fsp3) is 0.571. The summed E-state index contributed by atoms with van der Waals surface area (Å²) in [5.74, 6) is 0.997. The predicted molar refractivity (Wildman–Crippen MR) is 130 cm³/mol. The molecule has 160 valence electrons. The zero-order valence-corrected chi connectivity index (χ0v) is 18.5. The van der Waals surface area contributed by atoms with Gasteiger partial charge in [-0.05, 0) is 24.5 Å². The van der Waals surface area contributed by atoms with E-state index in [2.05, 4.69) is 53.9 Å². The van der Waals surface area contributed by atoms with Crippen LogP contribution in [0.15, 0.2) is 72.5 Å². The van der Waals surface area contributed by atoms with E-state index in [1.165, 1.54) is 95.6 Å². The quantitative estimate of drug-likeness (QED) is 0.428. The first-order chi connectivity index (χ1) is 14.4. The fourth-order valence-electron chi connectivity index (χ4n) is 4.27. The maximum Gasteiger partial charge on any atom is 0.0340 e. The van der Waals surface area contributed by atoms with Crippen molar-refractivity contribution in [1.82, 2.24) is 5.32 Å². The van der Waals surface area contributed by atoms with E-state index in [-0.39, 0.29) is 0 Å². The molecule has 1 saturated carbocycles. The van der Waals surface area contributed by atoms with E-state index < -0.39 is 0 Å². The zero-order valence-electron chi connectivity index (χ0n) is 18.5. The van der Waals surface area contributed by atoms with E-state index in [1.807, 2.05) is 18.2 Å². The summed E-state index contributed by atoms with van der Waals surface area (Å²) in [4.78, 5) is 0. The molecule has 2 rings (SSSR count). The second kappa shape index (κ2) is 17.1. The molecule has 1 heteroatoms. The molecule has 29 heavy (non-hydrogen) atoms. The lowest BCUT2D eigenvalue weighted by molar-refractivity contribution is 0.374. The summed E-state index contributed by atoms with van der Waals surface area (Å²) >= 11 is 0. The predicted octanol–water partition coefficient (Wildman–Crippen LogP) is 8.35. The van der Waals surface area contributed by atoms with Gasteiger partial charge < -0.3 is 5.32 Å². The van der Waals surface area contributed by atoms with Crippen LogP contribution in [0, 0.1) is 5.92 Å². The van der Waals surface area contributed by atoms with Crippen LogP contribution in [0.3, 0.4) is 0 Å². The summed E-state index contributed by atoms with van der Waals surface area (Å²) in [5.41, 5.74) is 1.19. The van der Waals surface area contributed by atoms with Gasteiger partial charge in [0, 0.05) is 12.2 Å². The van der Waals surface area contributed by atoms with Gasteiger partial charge in [0.15, 0.2) is 0 Å². The molecule has 0 amide bonds. The van der Waals surface area contributed by atoms with Crippen molar-refractivity contribution >= 4 is 0 Å². The van der Waals surface area contributed by atoms with Crippen molar-refractivity contribution in [2.75, 3.05) is 6.54 Å². The Morgan fingerprint density at radius 2 is 1.14 bits per heavy atom. The molecule has 0 heterocycles. The molecule has 1 fully saturated rings. The Morgan fingerprint density at radius 3 is 1.79 bits per heavy atom. The molecule has 0 bridgehead atoms. The molecule has 0 atom stereocenters. The van der Waals surface area contributed by atoms with Crippen LogP contribution in [0.4, 0.5) is 0 Å². The highest BCUT2D eigenvalue weighted by Crippen LogP contribution is 2.25. The third kappa shape index (κ3) is 13.2. The first-order valence-corrected chi connectivity index (χ1v) is 12.2. The zero-order chi connectivity index (χ0) is 20.2. The topological polar surface area (TPSA) is 12.0 Å². The Labute approximate surface area is 180 Å². The smallest absolute Gasteiger partial charge is 0.0340 e. The molecule has 0 spiro atoms. The molecule has 0 aromatic heterocycles. The Morgan fingerprint density at radius 1 is 0.586 bits per heavy atom. The number of hydrogen-bond acceptors (Lipinski definition) is 1.